The lowest BCUT2D eigenvalue weighted by atomic mass is 9.93. The maximum Gasteiger partial charge on any atom is 0.254 e. The summed E-state index contributed by atoms with van der Waals surface area (Å²) in [5.74, 6) is 6.36. The molecule has 1 aliphatic heterocycles. The van der Waals surface area contributed by atoms with Crippen LogP contribution >= 0.6 is 0 Å². The molecule has 0 bridgehead atoms. The molecule has 1 amide bonds. The van der Waals surface area contributed by atoms with Gasteiger partial charge in [-0.05, 0) is 43.4 Å². The highest BCUT2D eigenvalue weighted by atomic mass is 16.2. The highest BCUT2D eigenvalue weighted by molar-refractivity contribution is 5.96. The van der Waals surface area contributed by atoms with Gasteiger partial charge in [0.05, 0.1) is 0 Å². The van der Waals surface area contributed by atoms with E-state index in [-0.39, 0.29) is 12.5 Å². The van der Waals surface area contributed by atoms with Gasteiger partial charge in [0, 0.05) is 24.2 Å². The van der Waals surface area contributed by atoms with Gasteiger partial charge in [-0.15, -0.1) is 0 Å². The number of piperidine rings is 1. The van der Waals surface area contributed by atoms with E-state index in [9.17, 15) is 4.79 Å². The molecule has 1 aliphatic rings. The zero-order chi connectivity index (χ0) is 15.2. The molecule has 1 aromatic carbocycles. The van der Waals surface area contributed by atoms with Crippen molar-refractivity contribution < 1.29 is 9.90 Å². The van der Waals surface area contributed by atoms with E-state index in [0.29, 0.717) is 0 Å². The van der Waals surface area contributed by atoms with Crippen LogP contribution in [0.25, 0.3) is 0 Å². The van der Waals surface area contributed by atoms with Gasteiger partial charge in [-0.1, -0.05) is 31.3 Å². The molecule has 0 unspecified atom stereocenters. The minimum Gasteiger partial charge on any atom is -0.384 e. The Bertz CT molecular complexity index is 560. The van der Waals surface area contributed by atoms with Gasteiger partial charge in [0.15, 0.2) is 0 Å². The van der Waals surface area contributed by atoms with Gasteiger partial charge in [0.1, 0.15) is 6.61 Å². The summed E-state index contributed by atoms with van der Waals surface area (Å²) in [6, 6.07) is 5.65. The predicted octanol–water partition coefficient (Wildman–Crippen LogP) is 2.60. The first kappa shape index (κ1) is 15.6. The second-order valence-corrected chi connectivity index (χ2v) is 5.63. The van der Waals surface area contributed by atoms with Crippen molar-refractivity contribution in [1.82, 2.24) is 4.90 Å². The zero-order valence-electron chi connectivity index (χ0n) is 12.9. The molecule has 112 valence electrons. The Morgan fingerprint density at radius 3 is 2.71 bits per heavy atom. The molecule has 1 aromatic rings. The van der Waals surface area contributed by atoms with E-state index in [0.717, 1.165) is 48.5 Å². The summed E-state index contributed by atoms with van der Waals surface area (Å²) in [6.07, 6.45) is 3.41. The van der Waals surface area contributed by atoms with Crippen LogP contribution in [0, 0.1) is 24.7 Å². The molecule has 1 N–H and O–H groups in total. The van der Waals surface area contributed by atoms with Gasteiger partial charge in [-0.3, -0.25) is 4.79 Å². The van der Waals surface area contributed by atoms with Gasteiger partial charge in [-0.25, -0.2) is 0 Å². The second-order valence-electron chi connectivity index (χ2n) is 5.63. The van der Waals surface area contributed by atoms with Crippen molar-refractivity contribution in [2.75, 3.05) is 19.7 Å². The van der Waals surface area contributed by atoms with Crippen LogP contribution in [0.2, 0.25) is 0 Å². The van der Waals surface area contributed by atoms with E-state index >= 15 is 0 Å². The molecule has 0 spiro atoms. The summed E-state index contributed by atoms with van der Waals surface area (Å²) in [5.41, 5.74) is 2.49. The average Bonchev–Trinajstić information content (AvgIpc) is 2.53. The summed E-state index contributed by atoms with van der Waals surface area (Å²) in [6.45, 7) is 5.71. The van der Waals surface area contributed by atoms with Gasteiger partial charge in [0.25, 0.3) is 5.91 Å². The normalized spacial score (nSPS) is 15.5. The third-order valence-corrected chi connectivity index (χ3v) is 4.26. The molecule has 21 heavy (non-hydrogen) atoms. The zero-order valence-corrected chi connectivity index (χ0v) is 12.9. The fourth-order valence-electron chi connectivity index (χ4n) is 2.79. The molecule has 0 aliphatic carbocycles. The van der Waals surface area contributed by atoms with Crippen LogP contribution in [-0.4, -0.2) is 35.6 Å². The van der Waals surface area contributed by atoms with E-state index in [4.69, 9.17) is 5.11 Å². The molecule has 1 heterocycles. The number of carbonyl (C=O) groups is 1. The number of rotatable bonds is 2. The molecular weight excluding hydrogens is 262 g/mol. The smallest absolute Gasteiger partial charge is 0.254 e. The number of benzene rings is 1. The number of hydrogen-bond acceptors (Lipinski definition) is 2. The first-order chi connectivity index (χ1) is 10.2. The Hall–Kier alpha value is -1.79. The van der Waals surface area contributed by atoms with Crippen LogP contribution in [0.5, 0.6) is 0 Å². The van der Waals surface area contributed by atoms with Gasteiger partial charge in [0.2, 0.25) is 0 Å². The lowest BCUT2D eigenvalue weighted by Crippen LogP contribution is -2.38. The van der Waals surface area contributed by atoms with Crippen molar-refractivity contribution in [3.05, 3.63) is 34.9 Å². The second kappa shape index (κ2) is 7.28. The molecule has 1 fully saturated rings. The number of likely N-dealkylation sites (tertiary alicyclic amines) is 1. The topological polar surface area (TPSA) is 40.5 Å². The number of amides is 1. The Morgan fingerprint density at radius 2 is 2.10 bits per heavy atom. The lowest BCUT2D eigenvalue weighted by molar-refractivity contribution is 0.0688. The molecule has 0 aromatic heterocycles. The fraction of sp³-hybridized carbons (Fsp3) is 0.500. The van der Waals surface area contributed by atoms with Crippen molar-refractivity contribution in [2.24, 2.45) is 5.92 Å². The first-order valence-corrected chi connectivity index (χ1v) is 7.65. The summed E-state index contributed by atoms with van der Waals surface area (Å²) in [5, 5.41) is 8.76. The number of carbonyl (C=O) groups excluding carboxylic acids is 1. The Balaban J connectivity index is 2.15. The first-order valence-electron chi connectivity index (χ1n) is 7.65. The van der Waals surface area contributed by atoms with Crippen molar-refractivity contribution in [3.63, 3.8) is 0 Å². The van der Waals surface area contributed by atoms with E-state index in [2.05, 4.69) is 18.8 Å². The van der Waals surface area contributed by atoms with Crippen molar-refractivity contribution in [2.45, 2.75) is 33.1 Å². The standard InChI is InChI=1S/C18H23NO2/c1-3-15-8-10-19(11-9-15)18(21)17-13-16(5-4-12-20)7-6-14(17)2/h6-7,13,15,20H,3,8-12H2,1-2H3. The van der Waals surface area contributed by atoms with Crippen molar-refractivity contribution >= 4 is 5.91 Å². The quantitative estimate of drug-likeness (QED) is 0.849. The third kappa shape index (κ3) is 3.86. The molecule has 1 saturated heterocycles. The maximum atomic E-state index is 12.7. The Morgan fingerprint density at radius 1 is 1.38 bits per heavy atom. The van der Waals surface area contributed by atoms with Gasteiger partial charge in [-0.2, -0.15) is 0 Å². The van der Waals surface area contributed by atoms with Crippen LogP contribution in [-0.2, 0) is 0 Å². The SMILES string of the molecule is CCC1CCN(C(=O)c2cc(C#CCO)ccc2C)CC1. The van der Waals surface area contributed by atoms with Crippen LogP contribution in [0.3, 0.4) is 0 Å². The number of nitrogens with zero attached hydrogens (tertiary/aromatic N) is 1. The van der Waals surface area contributed by atoms with Crippen LogP contribution in [0.15, 0.2) is 18.2 Å². The van der Waals surface area contributed by atoms with Gasteiger partial charge < -0.3 is 10.0 Å². The van der Waals surface area contributed by atoms with Gasteiger partial charge >= 0.3 is 0 Å². The molecule has 2 rings (SSSR count). The van der Waals surface area contributed by atoms with E-state index in [1.165, 1.54) is 6.42 Å². The molecule has 3 nitrogen and oxygen atoms in total. The number of hydrogen-bond donors (Lipinski definition) is 1. The lowest BCUT2D eigenvalue weighted by Gasteiger charge is -2.32. The summed E-state index contributed by atoms with van der Waals surface area (Å²) >= 11 is 0. The Kier molecular flexibility index (Phi) is 5.41. The Labute approximate surface area is 127 Å². The molecule has 0 saturated carbocycles. The number of aliphatic hydroxyl groups is 1. The van der Waals surface area contributed by atoms with Crippen molar-refractivity contribution in [1.29, 1.82) is 0 Å². The minimum absolute atomic E-state index is 0.106. The van der Waals surface area contributed by atoms with Crippen LogP contribution in [0.1, 0.15) is 47.7 Å². The van der Waals surface area contributed by atoms with Crippen molar-refractivity contribution in [3.8, 4) is 11.8 Å². The number of aryl methyl sites for hydroxylation is 1. The van der Waals surface area contributed by atoms with E-state index in [1.807, 2.05) is 30.0 Å². The van der Waals surface area contributed by atoms with E-state index in [1.54, 1.807) is 0 Å². The van der Waals surface area contributed by atoms with Crippen LogP contribution in [0.4, 0.5) is 0 Å². The average molecular weight is 285 g/mol. The predicted molar refractivity (Wildman–Crippen MR) is 84.1 cm³/mol. The summed E-state index contributed by atoms with van der Waals surface area (Å²) in [7, 11) is 0. The largest absolute Gasteiger partial charge is 0.384 e. The van der Waals surface area contributed by atoms with E-state index < -0.39 is 0 Å². The summed E-state index contributed by atoms with van der Waals surface area (Å²) in [4.78, 5) is 14.6. The third-order valence-electron chi connectivity index (χ3n) is 4.26. The molecule has 3 heteroatoms. The van der Waals surface area contributed by atoms with Crippen LogP contribution < -0.4 is 0 Å². The summed E-state index contributed by atoms with van der Waals surface area (Å²) < 4.78 is 0. The molecular formula is C18H23NO2. The molecule has 0 atom stereocenters. The molecule has 0 radical (unpaired) electrons. The highest BCUT2D eigenvalue weighted by Crippen LogP contribution is 2.22. The fourth-order valence-corrected chi connectivity index (χ4v) is 2.79. The minimum atomic E-state index is -0.165. The number of aliphatic hydroxyl groups excluding tert-OH is 1. The monoisotopic (exact) mass is 285 g/mol. The maximum absolute atomic E-state index is 12.7. The highest BCUT2D eigenvalue weighted by Gasteiger charge is 2.23.